The van der Waals surface area contributed by atoms with Crippen molar-refractivity contribution >= 4 is 46.2 Å². The van der Waals surface area contributed by atoms with Crippen LogP contribution < -0.4 is 14.9 Å². The van der Waals surface area contributed by atoms with Gasteiger partial charge < -0.3 is 13.9 Å². The Morgan fingerprint density at radius 2 is 1.82 bits per heavy atom. The summed E-state index contributed by atoms with van der Waals surface area (Å²) < 4.78 is 16.7. The van der Waals surface area contributed by atoms with Gasteiger partial charge in [0.25, 0.3) is 0 Å². The van der Waals surface area contributed by atoms with Crippen LogP contribution in [-0.2, 0) is 11.2 Å². The summed E-state index contributed by atoms with van der Waals surface area (Å²) >= 11 is 11.9. The highest BCUT2D eigenvalue weighted by Gasteiger charge is 2.12. The second-order valence-electron chi connectivity index (χ2n) is 7.08. The summed E-state index contributed by atoms with van der Waals surface area (Å²) in [6.45, 7) is 2.01. The monoisotopic (exact) mass is 480 g/mol. The molecular weight excluding hydrogens is 463 g/mol. The second-order valence-corrected chi connectivity index (χ2v) is 7.89. The first-order chi connectivity index (χ1) is 15.9. The summed E-state index contributed by atoms with van der Waals surface area (Å²) in [6, 6.07) is 17.0. The fourth-order valence-electron chi connectivity index (χ4n) is 3.17. The Morgan fingerprint density at radius 1 is 1.00 bits per heavy atom. The Labute approximate surface area is 199 Å². The van der Waals surface area contributed by atoms with Crippen molar-refractivity contribution in [1.29, 1.82) is 0 Å². The molecule has 5 nitrogen and oxygen atoms in total. The normalized spacial score (nSPS) is 11.1. The molecule has 0 aliphatic carbocycles. The molecule has 4 aromatic rings. The number of halogens is 2. The fourth-order valence-corrected chi connectivity index (χ4v) is 3.48. The van der Waals surface area contributed by atoms with E-state index < -0.39 is 5.97 Å². The Hall–Kier alpha value is -3.54. The van der Waals surface area contributed by atoms with Crippen molar-refractivity contribution in [1.82, 2.24) is 0 Å². The maximum absolute atomic E-state index is 12.9. The first kappa shape index (κ1) is 22.6. The highest BCUT2D eigenvalue weighted by atomic mass is 35.5. The van der Waals surface area contributed by atoms with Crippen molar-refractivity contribution in [2.45, 2.75) is 13.3 Å². The van der Waals surface area contributed by atoms with E-state index in [1.165, 1.54) is 30.5 Å². The third-order valence-corrected chi connectivity index (χ3v) is 5.60. The van der Waals surface area contributed by atoms with Gasteiger partial charge in [0.05, 0.1) is 15.4 Å². The number of carbonyl (C=O) groups excluding carboxylic acids is 1. The molecule has 0 saturated carbocycles. The van der Waals surface area contributed by atoms with Crippen LogP contribution >= 0.6 is 23.2 Å². The van der Waals surface area contributed by atoms with Gasteiger partial charge in [-0.3, -0.25) is 4.79 Å². The van der Waals surface area contributed by atoms with Crippen molar-refractivity contribution in [3.05, 3.63) is 104 Å². The molecule has 0 fully saturated rings. The molecule has 4 rings (SSSR count). The number of carbonyl (C=O) groups is 1. The van der Waals surface area contributed by atoms with Gasteiger partial charge in [0, 0.05) is 12.1 Å². The third kappa shape index (κ3) is 5.28. The molecule has 0 radical (unpaired) electrons. The molecule has 0 bridgehead atoms. The molecule has 1 heterocycles. The lowest BCUT2D eigenvalue weighted by molar-refractivity contribution is -0.128. The van der Waals surface area contributed by atoms with E-state index >= 15 is 0 Å². The maximum Gasteiger partial charge on any atom is 0.336 e. The van der Waals surface area contributed by atoms with Crippen LogP contribution in [0.3, 0.4) is 0 Å². The number of hydrogen-bond acceptors (Lipinski definition) is 5. The summed E-state index contributed by atoms with van der Waals surface area (Å²) in [4.78, 5) is 25.0. The van der Waals surface area contributed by atoms with Crippen molar-refractivity contribution < 1.29 is 18.7 Å². The lowest BCUT2D eigenvalue weighted by atomic mass is 10.1. The largest absolute Gasteiger partial charge is 0.460 e. The molecule has 0 saturated heterocycles. The molecule has 0 atom stereocenters. The molecule has 0 amide bonds. The van der Waals surface area contributed by atoms with E-state index in [0.29, 0.717) is 26.7 Å². The molecule has 3 aromatic carbocycles. The molecule has 0 aliphatic heterocycles. The number of aryl methyl sites for hydroxylation is 1. The molecule has 33 heavy (non-hydrogen) atoms. The van der Waals surface area contributed by atoms with Crippen LogP contribution in [0, 0.1) is 0 Å². The van der Waals surface area contributed by atoms with Crippen LogP contribution in [0.15, 0.2) is 82.2 Å². The van der Waals surface area contributed by atoms with Crippen LogP contribution in [0.4, 0.5) is 0 Å². The van der Waals surface area contributed by atoms with E-state index in [1.807, 2.05) is 25.1 Å². The Kier molecular flexibility index (Phi) is 6.82. The highest BCUT2D eigenvalue weighted by molar-refractivity contribution is 6.42. The number of fused-ring (bicyclic) bond motifs is 1. The summed E-state index contributed by atoms with van der Waals surface area (Å²) in [5.41, 5.74) is 1.63. The van der Waals surface area contributed by atoms with Crippen LogP contribution in [0.2, 0.25) is 10.0 Å². The molecule has 0 spiro atoms. The first-order valence-corrected chi connectivity index (χ1v) is 10.9. The molecule has 166 valence electrons. The van der Waals surface area contributed by atoms with Crippen molar-refractivity contribution in [3.63, 3.8) is 0 Å². The molecule has 0 unspecified atom stereocenters. The van der Waals surface area contributed by atoms with Gasteiger partial charge in [-0.25, -0.2) is 4.79 Å². The van der Waals surface area contributed by atoms with Gasteiger partial charge in [0.2, 0.25) is 11.2 Å². The highest BCUT2D eigenvalue weighted by Crippen LogP contribution is 2.27. The van der Waals surface area contributed by atoms with Gasteiger partial charge in [-0.2, -0.15) is 0 Å². The van der Waals surface area contributed by atoms with E-state index in [9.17, 15) is 9.59 Å². The Balaban J connectivity index is 1.52. The predicted octanol–water partition coefficient (Wildman–Crippen LogP) is 7.07. The van der Waals surface area contributed by atoms with Crippen LogP contribution in [-0.4, -0.2) is 5.97 Å². The number of rotatable bonds is 6. The van der Waals surface area contributed by atoms with E-state index in [1.54, 1.807) is 30.3 Å². The molecule has 1 aromatic heterocycles. The third-order valence-electron chi connectivity index (χ3n) is 4.86. The van der Waals surface area contributed by atoms with Crippen molar-refractivity contribution in [3.8, 4) is 17.2 Å². The SMILES string of the molecule is CCc1ccccc1Oc1coc2cc(OC(=O)/C=C/c3ccc(Cl)c(Cl)c3)ccc2c1=O. The standard InChI is InChI=1S/C26H18Cl2O5/c1-2-17-5-3-4-6-22(17)33-24-15-31-23-14-18(9-10-19(23)26(24)30)32-25(29)12-8-16-7-11-20(27)21(28)13-16/h3-15H,2H2,1H3/b12-8+. The zero-order valence-electron chi connectivity index (χ0n) is 17.5. The minimum absolute atomic E-state index is 0.0812. The van der Waals surface area contributed by atoms with Crippen molar-refractivity contribution in [2.75, 3.05) is 0 Å². The number of para-hydroxylation sites is 1. The second kappa shape index (κ2) is 9.94. The summed E-state index contributed by atoms with van der Waals surface area (Å²) in [6.07, 6.45) is 4.85. The maximum atomic E-state index is 12.9. The number of benzene rings is 3. The Bertz CT molecular complexity index is 1420. The van der Waals surface area contributed by atoms with Gasteiger partial charge in [-0.05, 0) is 54.0 Å². The van der Waals surface area contributed by atoms with Crippen LogP contribution in [0.25, 0.3) is 17.0 Å². The molecule has 0 aliphatic rings. The molecule has 0 N–H and O–H groups in total. The molecule has 7 heteroatoms. The summed E-state index contributed by atoms with van der Waals surface area (Å²) in [7, 11) is 0. The van der Waals surface area contributed by atoms with Gasteiger partial charge in [-0.15, -0.1) is 0 Å². The number of esters is 1. The zero-order chi connectivity index (χ0) is 23.4. The van der Waals surface area contributed by atoms with Crippen LogP contribution in [0.1, 0.15) is 18.1 Å². The van der Waals surface area contributed by atoms with E-state index in [-0.39, 0.29) is 22.5 Å². The minimum atomic E-state index is -0.598. The average molecular weight is 481 g/mol. The zero-order valence-corrected chi connectivity index (χ0v) is 19.0. The minimum Gasteiger partial charge on any atom is -0.460 e. The lowest BCUT2D eigenvalue weighted by Crippen LogP contribution is -2.07. The van der Waals surface area contributed by atoms with E-state index in [2.05, 4.69) is 0 Å². The average Bonchev–Trinajstić information content (AvgIpc) is 2.82. The fraction of sp³-hybridized carbons (Fsp3) is 0.0769. The summed E-state index contributed by atoms with van der Waals surface area (Å²) in [5.74, 6) is 0.321. The van der Waals surface area contributed by atoms with E-state index in [4.69, 9.17) is 37.1 Å². The quantitative estimate of drug-likeness (QED) is 0.167. The summed E-state index contributed by atoms with van der Waals surface area (Å²) in [5, 5.41) is 1.13. The van der Waals surface area contributed by atoms with Gasteiger partial charge >= 0.3 is 5.97 Å². The van der Waals surface area contributed by atoms with E-state index in [0.717, 1.165) is 12.0 Å². The van der Waals surface area contributed by atoms with Gasteiger partial charge in [-0.1, -0.05) is 54.4 Å². The Morgan fingerprint density at radius 3 is 2.61 bits per heavy atom. The lowest BCUT2D eigenvalue weighted by Gasteiger charge is -2.09. The van der Waals surface area contributed by atoms with Crippen molar-refractivity contribution in [2.24, 2.45) is 0 Å². The van der Waals surface area contributed by atoms with Gasteiger partial charge in [0.1, 0.15) is 23.3 Å². The number of ether oxygens (including phenoxy) is 2. The topological polar surface area (TPSA) is 65.7 Å². The number of hydrogen-bond donors (Lipinski definition) is 0. The molecular formula is C26H18Cl2O5. The smallest absolute Gasteiger partial charge is 0.336 e. The van der Waals surface area contributed by atoms with Crippen LogP contribution in [0.5, 0.6) is 17.2 Å². The van der Waals surface area contributed by atoms with Gasteiger partial charge in [0.15, 0.2) is 0 Å². The predicted molar refractivity (Wildman–Crippen MR) is 130 cm³/mol. The first-order valence-electron chi connectivity index (χ1n) is 10.1.